The zero-order valence-electron chi connectivity index (χ0n) is 7.82. The van der Waals surface area contributed by atoms with Crippen molar-refractivity contribution in [3.05, 3.63) is 23.7 Å². The second kappa shape index (κ2) is 5.36. The molecule has 14 heavy (non-hydrogen) atoms. The van der Waals surface area contributed by atoms with E-state index in [4.69, 9.17) is 9.52 Å². The lowest BCUT2D eigenvalue weighted by atomic mass is 10.2. The predicted octanol–water partition coefficient (Wildman–Crippen LogP) is 0.428. The normalized spacial score (nSPS) is 21.6. The number of halogens is 1. The standard InChI is InChI=1S/C9H14N2O2.ClH/c12-6-7-1-2-9(13-7)8-5-10-3-4-11-8;/h1-2,8,10-12H,3-6H2;1H/t8-;/m0./s1. The maximum absolute atomic E-state index is 8.82. The molecule has 5 heteroatoms. The lowest BCUT2D eigenvalue weighted by molar-refractivity contribution is 0.237. The van der Waals surface area contributed by atoms with Crippen molar-refractivity contribution in [2.45, 2.75) is 12.6 Å². The second-order valence-corrected chi connectivity index (χ2v) is 3.17. The van der Waals surface area contributed by atoms with Crippen LogP contribution in [0.25, 0.3) is 0 Å². The number of hydrogen-bond acceptors (Lipinski definition) is 4. The van der Waals surface area contributed by atoms with Crippen LogP contribution in [-0.2, 0) is 6.61 Å². The Bertz CT molecular complexity index is 272. The molecule has 0 unspecified atom stereocenters. The smallest absolute Gasteiger partial charge is 0.129 e. The first-order valence-corrected chi connectivity index (χ1v) is 4.53. The molecule has 2 heterocycles. The van der Waals surface area contributed by atoms with Gasteiger partial charge in [-0.25, -0.2) is 0 Å². The van der Waals surface area contributed by atoms with Gasteiger partial charge < -0.3 is 20.2 Å². The van der Waals surface area contributed by atoms with Gasteiger partial charge in [0.25, 0.3) is 0 Å². The average Bonchev–Trinajstić information content (AvgIpc) is 2.67. The van der Waals surface area contributed by atoms with E-state index in [0.717, 1.165) is 25.4 Å². The third-order valence-corrected chi connectivity index (χ3v) is 2.22. The maximum atomic E-state index is 8.82. The van der Waals surface area contributed by atoms with Gasteiger partial charge in [0.15, 0.2) is 0 Å². The summed E-state index contributed by atoms with van der Waals surface area (Å²) in [6.45, 7) is 2.82. The van der Waals surface area contributed by atoms with Gasteiger partial charge in [0.1, 0.15) is 18.1 Å². The highest BCUT2D eigenvalue weighted by molar-refractivity contribution is 5.85. The Kier molecular flexibility index (Phi) is 4.41. The fourth-order valence-electron chi connectivity index (χ4n) is 1.52. The molecule has 0 spiro atoms. The topological polar surface area (TPSA) is 57.4 Å². The number of rotatable bonds is 2. The van der Waals surface area contributed by atoms with Crippen molar-refractivity contribution < 1.29 is 9.52 Å². The molecular weight excluding hydrogens is 204 g/mol. The van der Waals surface area contributed by atoms with E-state index in [1.54, 1.807) is 0 Å². The maximum Gasteiger partial charge on any atom is 0.129 e. The van der Waals surface area contributed by atoms with E-state index in [1.165, 1.54) is 0 Å². The van der Waals surface area contributed by atoms with Crippen molar-refractivity contribution in [1.29, 1.82) is 0 Å². The minimum atomic E-state index is -0.0276. The lowest BCUT2D eigenvalue weighted by Crippen LogP contribution is -2.42. The van der Waals surface area contributed by atoms with Crippen LogP contribution in [0.3, 0.4) is 0 Å². The molecule has 0 bridgehead atoms. The summed E-state index contributed by atoms with van der Waals surface area (Å²) >= 11 is 0. The molecule has 1 aliphatic heterocycles. The SMILES string of the molecule is Cl.OCc1ccc([C@@H]2CNCCN2)o1. The van der Waals surface area contributed by atoms with E-state index in [2.05, 4.69) is 10.6 Å². The van der Waals surface area contributed by atoms with E-state index in [9.17, 15) is 0 Å². The van der Waals surface area contributed by atoms with Crippen molar-refractivity contribution in [3.8, 4) is 0 Å². The Balaban J connectivity index is 0.000000980. The second-order valence-electron chi connectivity index (χ2n) is 3.17. The van der Waals surface area contributed by atoms with Crippen molar-refractivity contribution in [3.63, 3.8) is 0 Å². The molecule has 80 valence electrons. The Morgan fingerprint density at radius 1 is 1.43 bits per heavy atom. The number of aliphatic hydroxyl groups is 1. The third kappa shape index (κ3) is 2.48. The number of furan rings is 1. The molecule has 4 nitrogen and oxygen atoms in total. The molecule has 0 radical (unpaired) electrons. The molecule has 1 aromatic rings. The minimum Gasteiger partial charge on any atom is -0.462 e. The van der Waals surface area contributed by atoms with Gasteiger partial charge in [-0.3, -0.25) is 0 Å². The molecule has 0 amide bonds. The first kappa shape index (κ1) is 11.5. The summed E-state index contributed by atoms with van der Waals surface area (Å²) in [6, 6.07) is 3.97. The number of aliphatic hydroxyl groups excluding tert-OH is 1. The van der Waals surface area contributed by atoms with Crippen molar-refractivity contribution >= 4 is 12.4 Å². The van der Waals surface area contributed by atoms with Gasteiger partial charge >= 0.3 is 0 Å². The largest absolute Gasteiger partial charge is 0.462 e. The van der Waals surface area contributed by atoms with Crippen molar-refractivity contribution in [1.82, 2.24) is 10.6 Å². The molecule has 1 aliphatic rings. The molecule has 0 aliphatic carbocycles. The molecule has 1 aromatic heterocycles. The van der Waals surface area contributed by atoms with E-state index in [0.29, 0.717) is 5.76 Å². The summed E-state index contributed by atoms with van der Waals surface area (Å²) in [5, 5.41) is 15.4. The van der Waals surface area contributed by atoms with Crippen LogP contribution >= 0.6 is 12.4 Å². The third-order valence-electron chi connectivity index (χ3n) is 2.22. The number of hydrogen-bond donors (Lipinski definition) is 3. The summed E-state index contributed by atoms with van der Waals surface area (Å²) in [6.07, 6.45) is 0. The van der Waals surface area contributed by atoms with Crippen LogP contribution in [0.5, 0.6) is 0 Å². The van der Waals surface area contributed by atoms with Crippen LogP contribution in [0, 0.1) is 0 Å². The van der Waals surface area contributed by atoms with Crippen LogP contribution < -0.4 is 10.6 Å². The van der Waals surface area contributed by atoms with Gasteiger partial charge in [-0.1, -0.05) is 0 Å². The van der Waals surface area contributed by atoms with Gasteiger partial charge in [0.2, 0.25) is 0 Å². The zero-order chi connectivity index (χ0) is 9.10. The van der Waals surface area contributed by atoms with Crippen LogP contribution in [-0.4, -0.2) is 24.7 Å². The van der Waals surface area contributed by atoms with Gasteiger partial charge in [0.05, 0.1) is 6.04 Å². The van der Waals surface area contributed by atoms with E-state index in [1.807, 2.05) is 12.1 Å². The highest BCUT2D eigenvalue weighted by atomic mass is 35.5. The summed E-state index contributed by atoms with van der Waals surface area (Å²) in [7, 11) is 0. The summed E-state index contributed by atoms with van der Waals surface area (Å²) in [5.41, 5.74) is 0. The number of nitrogens with one attached hydrogen (secondary N) is 2. The highest BCUT2D eigenvalue weighted by Gasteiger charge is 2.17. The number of piperazine rings is 1. The summed E-state index contributed by atoms with van der Waals surface area (Å²) < 4.78 is 5.42. The monoisotopic (exact) mass is 218 g/mol. The van der Waals surface area contributed by atoms with Gasteiger partial charge in [-0.2, -0.15) is 0 Å². The molecule has 0 saturated carbocycles. The Hall–Kier alpha value is -0.550. The fourth-order valence-corrected chi connectivity index (χ4v) is 1.52. The van der Waals surface area contributed by atoms with Crippen molar-refractivity contribution in [2.24, 2.45) is 0 Å². The summed E-state index contributed by atoms with van der Waals surface area (Å²) in [5.74, 6) is 1.53. The molecule has 2 rings (SSSR count). The van der Waals surface area contributed by atoms with Crippen LogP contribution in [0.15, 0.2) is 16.5 Å². The fraction of sp³-hybridized carbons (Fsp3) is 0.556. The average molecular weight is 219 g/mol. The molecule has 1 atom stereocenters. The quantitative estimate of drug-likeness (QED) is 0.674. The minimum absolute atomic E-state index is 0. The van der Waals surface area contributed by atoms with Gasteiger partial charge in [0, 0.05) is 19.6 Å². The van der Waals surface area contributed by atoms with E-state index < -0.39 is 0 Å². The van der Waals surface area contributed by atoms with Gasteiger partial charge in [-0.05, 0) is 12.1 Å². The molecule has 0 aromatic carbocycles. The Morgan fingerprint density at radius 2 is 2.29 bits per heavy atom. The molecular formula is C9H15ClN2O2. The van der Waals surface area contributed by atoms with Crippen LogP contribution in [0.2, 0.25) is 0 Å². The summed E-state index contributed by atoms with van der Waals surface area (Å²) in [4.78, 5) is 0. The molecule has 1 saturated heterocycles. The van der Waals surface area contributed by atoms with E-state index in [-0.39, 0.29) is 25.1 Å². The molecule has 1 fully saturated rings. The first-order valence-electron chi connectivity index (χ1n) is 4.53. The first-order chi connectivity index (χ1) is 6.40. The highest BCUT2D eigenvalue weighted by Crippen LogP contribution is 2.16. The molecule has 3 N–H and O–H groups in total. The Labute approximate surface area is 89.1 Å². The van der Waals surface area contributed by atoms with E-state index >= 15 is 0 Å². The Morgan fingerprint density at radius 3 is 2.86 bits per heavy atom. The lowest BCUT2D eigenvalue weighted by Gasteiger charge is -2.22. The van der Waals surface area contributed by atoms with Crippen LogP contribution in [0.4, 0.5) is 0 Å². The van der Waals surface area contributed by atoms with Gasteiger partial charge in [-0.15, -0.1) is 12.4 Å². The van der Waals surface area contributed by atoms with Crippen molar-refractivity contribution in [2.75, 3.05) is 19.6 Å². The zero-order valence-corrected chi connectivity index (χ0v) is 8.64. The van der Waals surface area contributed by atoms with Crippen LogP contribution in [0.1, 0.15) is 17.6 Å². The predicted molar refractivity (Wildman–Crippen MR) is 55.5 cm³/mol.